The zero-order valence-corrected chi connectivity index (χ0v) is 17.0. The van der Waals surface area contributed by atoms with Crippen LogP contribution in [0.2, 0.25) is 5.02 Å². The number of rotatable bonds is 7. The van der Waals surface area contributed by atoms with E-state index in [4.69, 9.17) is 11.6 Å². The Morgan fingerprint density at radius 1 is 1.07 bits per heavy atom. The van der Waals surface area contributed by atoms with Crippen molar-refractivity contribution in [3.63, 3.8) is 0 Å². The Balaban J connectivity index is 2.08. The summed E-state index contributed by atoms with van der Waals surface area (Å²) in [5, 5.41) is 10.3. The van der Waals surface area contributed by atoms with E-state index < -0.39 is 5.97 Å². The number of carbonyl (C=O) groups excluding carboxylic acids is 1. The standard InChI is InChI=1S/C22H20ClNO3S/c1-2-8-20(25)24(14-16-11-6-7-12-17(16)23)18-13-19(28-21(18)22(26)27)15-9-4-3-5-10-15/h3-7,9-13H,2,8,14H2,1H3,(H,26,27). The molecule has 0 bridgehead atoms. The van der Waals surface area contributed by atoms with Crippen molar-refractivity contribution < 1.29 is 14.7 Å². The lowest BCUT2D eigenvalue weighted by molar-refractivity contribution is -0.118. The summed E-state index contributed by atoms with van der Waals surface area (Å²) in [5.41, 5.74) is 2.11. The summed E-state index contributed by atoms with van der Waals surface area (Å²) in [7, 11) is 0. The van der Waals surface area contributed by atoms with Crippen molar-refractivity contribution in [2.24, 2.45) is 0 Å². The quantitative estimate of drug-likeness (QED) is 0.509. The first-order chi connectivity index (χ1) is 13.5. The highest BCUT2D eigenvalue weighted by molar-refractivity contribution is 7.18. The number of carboxylic acid groups (broad SMARTS) is 1. The normalized spacial score (nSPS) is 10.6. The first kappa shape index (κ1) is 20.1. The molecule has 0 unspecified atom stereocenters. The Kier molecular flexibility index (Phi) is 6.49. The molecule has 0 saturated heterocycles. The number of hydrogen-bond donors (Lipinski definition) is 1. The van der Waals surface area contributed by atoms with Gasteiger partial charge in [0.25, 0.3) is 0 Å². The van der Waals surface area contributed by atoms with Gasteiger partial charge in [-0.1, -0.05) is 67.1 Å². The molecule has 0 radical (unpaired) electrons. The zero-order chi connectivity index (χ0) is 20.1. The molecule has 1 amide bonds. The Morgan fingerprint density at radius 2 is 1.75 bits per heavy atom. The van der Waals surface area contributed by atoms with Gasteiger partial charge in [-0.15, -0.1) is 11.3 Å². The minimum absolute atomic E-state index is 0.123. The van der Waals surface area contributed by atoms with Gasteiger partial charge in [-0.2, -0.15) is 0 Å². The molecule has 2 aromatic carbocycles. The summed E-state index contributed by atoms with van der Waals surface area (Å²) >= 11 is 7.46. The van der Waals surface area contributed by atoms with Crippen molar-refractivity contribution in [1.82, 2.24) is 0 Å². The molecule has 0 atom stereocenters. The highest BCUT2D eigenvalue weighted by atomic mass is 35.5. The van der Waals surface area contributed by atoms with Crippen molar-refractivity contribution in [1.29, 1.82) is 0 Å². The third kappa shape index (κ3) is 4.43. The molecule has 0 spiro atoms. The van der Waals surface area contributed by atoms with Crippen molar-refractivity contribution >= 4 is 40.5 Å². The van der Waals surface area contributed by atoms with Crippen LogP contribution in [0.15, 0.2) is 60.7 Å². The van der Waals surface area contributed by atoms with Gasteiger partial charge in [0.1, 0.15) is 4.88 Å². The van der Waals surface area contributed by atoms with E-state index in [9.17, 15) is 14.7 Å². The van der Waals surface area contributed by atoms with Crippen LogP contribution in [0.3, 0.4) is 0 Å². The number of halogens is 1. The van der Waals surface area contributed by atoms with E-state index in [1.807, 2.05) is 55.5 Å². The molecule has 0 aliphatic carbocycles. The van der Waals surface area contributed by atoms with Gasteiger partial charge in [-0.05, 0) is 29.7 Å². The molecule has 144 valence electrons. The Bertz CT molecular complexity index is 984. The van der Waals surface area contributed by atoms with E-state index in [0.717, 1.165) is 16.0 Å². The molecule has 1 heterocycles. The topological polar surface area (TPSA) is 57.6 Å². The Morgan fingerprint density at radius 3 is 2.39 bits per heavy atom. The van der Waals surface area contributed by atoms with E-state index in [2.05, 4.69) is 0 Å². The summed E-state index contributed by atoms with van der Waals surface area (Å²) in [6.07, 6.45) is 1.01. The number of amides is 1. The zero-order valence-electron chi connectivity index (χ0n) is 15.4. The number of carboxylic acids is 1. The van der Waals surface area contributed by atoms with E-state index in [1.165, 1.54) is 16.2 Å². The Hall–Kier alpha value is -2.63. The number of benzene rings is 2. The average molecular weight is 414 g/mol. The van der Waals surface area contributed by atoms with Crippen molar-refractivity contribution in [3.8, 4) is 10.4 Å². The van der Waals surface area contributed by atoms with E-state index in [0.29, 0.717) is 23.6 Å². The van der Waals surface area contributed by atoms with Gasteiger partial charge >= 0.3 is 5.97 Å². The van der Waals surface area contributed by atoms with Gasteiger partial charge in [-0.25, -0.2) is 4.79 Å². The van der Waals surface area contributed by atoms with Gasteiger partial charge < -0.3 is 10.0 Å². The fraction of sp³-hybridized carbons (Fsp3) is 0.182. The summed E-state index contributed by atoms with van der Waals surface area (Å²) in [4.78, 5) is 27.3. The molecular formula is C22H20ClNO3S. The van der Waals surface area contributed by atoms with Crippen LogP contribution in [0.1, 0.15) is 35.0 Å². The van der Waals surface area contributed by atoms with Gasteiger partial charge in [0.2, 0.25) is 5.91 Å². The maximum Gasteiger partial charge on any atom is 0.348 e. The summed E-state index contributed by atoms with van der Waals surface area (Å²) in [6.45, 7) is 2.15. The number of thiophene rings is 1. The van der Waals surface area contributed by atoms with Crippen LogP contribution in [-0.2, 0) is 11.3 Å². The molecule has 4 nitrogen and oxygen atoms in total. The molecule has 0 aliphatic rings. The smallest absolute Gasteiger partial charge is 0.348 e. The van der Waals surface area contributed by atoms with Crippen LogP contribution in [0.4, 0.5) is 5.69 Å². The summed E-state index contributed by atoms with van der Waals surface area (Å²) in [5.74, 6) is -1.17. The monoisotopic (exact) mass is 413 g/mol. The first-order valence-electron chi connectivity index (χ1n) is 8.97. The van der Waals surface area contributed by atoms with Crippen LogP contribution in [0.25, 0.3) is 10.4 Å². The Labute approximate surface area is 173 Å². The third-order valence-electron chi connectivity index (χ3n) is 4.31. The van der Waals surface area contributed by atoms with Crippen LogP contribution in [0, 0.1) is 0 Å². The molecular weight excluding hydrogens is 394 g/mol. The first-order valence-corrected chi connectivity index (χ1v) is 10.2. The van der Waals surface area contributed by atoms with Gasteiger partial charge in [0.15, 0.2) is 0 Å². The lowest BCUT2D eigenvalue weighted by Crippen LogP contribution is -2.31. The highest BCUT2D eigenvalue weighted by Gasteiger charge is 2.25. The lowest BCUT2D eigenvalue weighted by atomic mass is 10.1. The number of anilines is 1. The number of nitrogens with zero attached hydrogens (tertiary/aromatic N) is 1. The van der Waals surface area contributed by atoms with Crippen LogP contribution >= 0.6 is 22.9 Å². The van der Waals surface area contributed by atoms with E-state index >= 15 is 0 Å². The van der Waals surface area contributed by atoms with Gasteiger partial charge in [0.05, 0.1) is 12.2 Å². The highest BCUT2D eigenvalue weighted by Crippen LogP contribution is 2.38. The van der Waals surface area contributed by atoms with Crippen molar-refractivity contribution in [3.05, 3.63) is 76.1 Å². The fourth-order valence-corrected chi connectivity index (χ4v) is 4.13. The second kappa shape index (κ2) is 9.04. The molecule has 1 N–H and O–H groups in total. The predicted molar refractivity (Wildman–Crippen MR) is 114 cm³/mol. The molecule has 28 heavy (non-hydrogen) atoms. The molecule has 0 saturated carbocycles. The molecule has 6 heteroatoms. The van der Waals surface area contributed by atoms with Crippen LogP contribution in [-0.4, -0.2) is 17.0 Å². The summed E-state index contributed by atoms with van der Waals surface area (Å²) < 4.78 is 0. The maximum absolute atomic E-state index is 12.9. The van der Waals surface area contributed by atoms with E-state index in [1.54, 1.807) is 12.1 Å². The lowest BCUT2D eigenvalue weighted by Gasteiger charge is -2.23. The third-order valence-corrected chi connectivity index (χ3v) is 5.84. The van der Waals surface area contributed by atoms with Crippen LogP contribution in [0.5, 0.6) is 0 Å². The second-order valence-electron chi connectivity index (χ2n) is 6.32. The number of aromatic carboxylic acids is 1. The SMILES string of the molecule is CCCC(=O)N(Cc1ccccc1Cl)c1cc(-c2ccccc2)sc1C(=O)O. The molecule has 3 rings (SSSR count). The molecule has 3 aromatic rings. The molecule has 1 aromatic heterocycles. The molecule has 0 fully saturated rings. The predicted octanol–water partition coefficient (Wildman–Crippen LogP) is 6.10. The fourth-order valence-electron chi connectivity index (χ4n) is 2.93. The largest absolute Gasteiger partial charge is 0.477 e. The maximum atomic E-state index is 12.9. The van der Waals surface area contributed by atoms with Crippen LogP contribution < -0.4 is 4.90 Å². The number of hydrogen-bond acceptors (Lipinski definition) is 3. The molecule has 0 aliphatic heterocycles. The van der Waals surface area contributed by atoms with E-state index in [-0.39, 0.29) is 17.3 Å². The summed E-state index contributed by atoms with van der Waals surface area (Å²) in [6, 6.07) is 18.6. The van der Waals surface area contributed by atoms with Crippen molar-refractivity contribution in [2.45, 2.75) is 26.3 Å². The average Bonchev–Trinajstić information content (AvgIpc) is 3.13. The van der Waals surface area contributed by atoms with Gasteiger partial charge in [-0.3, -0.25) is 4.79 Å². The van der Waals surface area contributed by atoms with Crippen molar-refractivity contribution in [2.75, 3.05) is 4.90 Å². The van der Waals surface area contributed by atoms with Gasteiger partial charge in [0, 0.05) is 16.3 Å². The second-order valence-corrected chi connectivity index (χ2v) is 7.78. The number of carbonyl (C=O) groups is 2. The minimum Gasteiger partial charge on any atom is -0.477 e. The minimum atomic E-state index is -1.05.